The van der Waals surface area contributed by atoms with Crippen molar-refractivity contribution in [3.8, 4) is 0 Å². The van der Waals surface area contributed by atoms with Gasteiger partial charge in [-0.2, -0.15) is 0 Å². The molecule has 3 heteroatoms. The number of nitrogens with zero attached hydrogens (tertiary/aromatic N) is 2. The van der Waals surface area contributed by atoms with Gasteiger partial charge in [0.25, 0.3) is 0 Å². The van der Waals surface area contributed by atoms with Gasteiger partial charge in [-0.05, 0) is 48.4 Å². The summed E-state index contributed by atoms with van der Waals surface area (Å²) in [5.41, 5.74) is 2.60. The molecule has 0 fully saturated rings. The van der Waals surface area contributed by atoms with Gasteiger partial charge >= 0.3 is 0 Å². The number of halogens is 1. The lowest BCUT2D eigenvalue weighted by molar-refractivity contribution is 0.283. The average Bonchev–Trinajstić information content (AvgIpc) is 2.44. The van der Waals surface area contributed by atoms with Crippen molar-refractivity contribution in [3.63, 3.8) is 0 Å². The summed E-state index contributed by atoms with van der Waals surface area (Å²) in [6, 6.07) is 12.2. The number of hydrogen-bond acceptors (Lipinski definition) is 2. The van der Waals surface area contributed by atoms with Crippen LogP contribution in [0, 0.1) is 0 Å². The molecule has 2 aromatic rings. The molecule has 0 bridgehead atoms. The number of likely N-dealkylation sites (N-methyl/N-ethyl adjacent to an activating group) is 1. The molecule has 100 valence electrons. The Hall–Kier alpha value is -1.38. The zero-order valence-corrected chi connectivity index (χ0v) is 12.0. The fourth-order valence-electron chi connectivity index (χ4n) is 2.08. The van der Waals surface area contributed by atoms with Crippen molar-refractivity contribution in [1.29, 1.82) is 0 Å². The summed E-state index contributed by atoms with van der Waals surface area (Å²) in [7, 11) is 0. The standard InChI is InChI=1S/C16H19ClN2/c1-2-19(11-8-14-6-9-18-10-7-14)13-15-4-3-5-16(17)12-15/h3-7,9-10,12H,2,8,11,13H2,1H3. The van der Waals surface area contributed by atoms with E-state index < -0.39 is 0 Å². The van der Waals surface area contributed by atoms with E-state index in [1.807, 2.05) is 30.6 Å². The lowest BCUT2D eigenvalue weighted by Crippen LogP contribution is -2.25. The summed E-state index contributed by atoms with van der Waals surface area (Å²) >= 11 is 6.02. The molecule has 0 radical (unpaired) electrons. The number of hydrogen-bond donors (Lipinski definition) is 0. The normalized spacial score (nSPS) is 10.9. The summed E-state index contributed by atoms with van der Waals surface area (Å²) in [5, 5.41) is 0.808. The largest absolute Gasteiger partial charge is 0.299 e. The van der Waals surface area contributed by atoms with E-state index in [9.17, 15) is 0 Å². The maximum atomic E-state index is 6.02. The van der Waals surface area contributed by atoms with Gasteiger partial charge in [0.05, 0.1) is 0 Å². The number of rotatable bonds is 6. The van der Waals surface area contributed by atoms with E-state index in [0.717, 1.165) is 31.1 Å². The Labute approximate surface area is 120 Å². The van der Waals surface area contributed by atoms with Crippen molar-refractivity contribution < 1.29 is 0 Å². The maximum Gasteiger partial charge on any atom is 0.0409 e. The lowest BCUT2D eigenvalue weighted by atomic mass is 10.1. The molecular formula is C16H19ClN2. The van der Waals surface area contributed by atoms with Crippen LogP contribution in [0.2, 0.25) is 5.02 Å². The first-order valence-corrected chi connectivity index (χ1v) is 7.01. The molecule has 1 aromatic heterocycles. The third-order valence-corrected chi connectivity index (χ3v) is 3.44. The van der Waals surface area contributed by atoms with Gasteiger partial charge in [-0.25, -0.2) is 0 Å². The smallest absolute Gasteiger partial charge is 0.0409 e. The number of benzene rings is 1. The van der Waals surface area contributed by atoms with Crippen LogP contribution in [0.5, 0.6) is 0 Å². The highest BCUT2D eigenvalue weighted by molar-refractivity contribution is 6.30. The Morgan fingerprint density at radius 2 is 1.89 bits per heavy atom. The van der Waals surface area contributed by atoms with Crippen molar-refractivity contribution in [3.05, 3.63) is 64.9 Å². The van der Waals surface area contributed by atoms with Crippen molar-refractivity contribution in [2.75, 3.05) is 13.1 Å². The minimum Gasteiger partial charge on any atom is -0.299 e. The molecule has 0 N–H and O–H groups in total. The minimum atomic E-state index is 0.808. The van der Waals surface area contributed by atoms with Gasteiger partial charge in [-0.15, -0.1) is 0 Å². The second kappa shape index (κ2) is 7.27. The zero-order valence-electron chi connectivity index (χ0n) is 11.2. The van der Waals surface area contributed by atoms with Crippen LogP contribution in [0.3, 0.4) is 0 Å². The lowest BCUT2D eigenvalue weighted by Gasteiger charge is -2.20. The molecule has 0 saturated heterocycles. The molecule has 0 unspecified atom stereocenters. The first kappa shape index (κ1) is 14.0. The molecule has 2 rings (SSSR count). The van der Waals surface area contributed by atoms with Crippen LogP contribution < -0.4 is 0 Å². The number of aromatic nitrogens is 1. The van der Waals surface area contributed by atoms with Crippen LogP contribution >= 0.6 is 11.6 Å². The second-order valence-corrected chi connectivity index (χ2v) is 5.04. The first-order valence-electron chi connectivity index (χ1n) is 6.63. The third-order valence-electron chi connectivity index (χ3n) is 3.21. The zero-order chi connectivity index (χ0) is 13.5. The van der Waals surface area contributed by atoms with E-state index in [-0.39, 0.29) is 0 Å². The van der Waals surface area contributed by atoms with Crippen molar-refractivity contribution in [2.45, 2.75) is 19.9 Å². The quantitative estimate of drug-likeness (QED) is 0.797. The van der Waals surface area contributed by atoms with Crippen LogP contribution in [0.15, 0.2) is 48.8 Å². The molecule has 1 heterocycles. The van der Waals surface area contributed by atoms with Gasteiger partial charge in [-0.3, -0.25) is 9.88 Å². The monoisotopic (exact) mass is 274 g/mol. The summed E-state index contributed by atoms with van der Waals surface area (Å²) in [4.78, 5) is 6.46. The first-order chi connectivity index (χ1) is 9.28. The van der Waals surface area contributed by atoms with Gasteiger partial charge in [-0.1, -0.05) is 30.7 Å². The average molecular weight is 275 g/mol. The van der Waals surface area contributed by atoms with E-state index in [1.54, 1.807) is 0 Å². The predicted molar refractivity (Wildman–Crippen MR) is 80.3 cm³/mol. The molecule has 0 saturated carbocycles. The maximum absolute atomic E-state index is 6.02. The van der Waals surface area contributed by atoms with Crippen molar-refractivity contribution >= 4 is 11.6 Å². The Morgan fingerprint density at radius 3 is 2.58 bits per heavy atom. The van der Waals surface area contributed by atoms with Gasteiger partial charge in [0, 0.05) is 30.5 Å². The summed E-state index contributed by atoms with van der Waals surface area (Å²) in [6.45, 7) is 5.23. The fourth-order valence-corrected chi connectivity index (χ4v) is 2.29. The second-order valence-electron chi connectivity index (χ2n) is 4.60. The van der Waals surface area contributed by atoms with Crippen LogP contribution in [0.25, 0.3) is 0 Å². The Bertz CT molecular complexity index is 499. The molecule has 0 atom stereocenters. The molecule has 0 aliphatic heterocycles. The van der Waals surface area contributed by atoms with Gasteiger partial charge < -0.3 is 0 Å². The highest BCUT2D eigenvalue weighted by atomic mass is 35.5. The minimum absolute atomic E-state index is 0.808. The van der Waals surface area contributed by atoms with E-state index in [4.69, 9.17) is 11.6 Å². The van der Waals surface area contributed by atoms with Gasteiger partial charge in [0.2, 0.25) is 0 Å². The van der Waals surface area contributed by atoms with Gasteiger partial charge in [0.1, 0.15) is 0 Å². The topological polar surface area (TPSA) is 16.1 Å². The van der Waals surface area contributed by atoms with Crippen LogP contribution in [-0.4, -0.2) is 23.0 Å². The van der Waals surface area contributed by atoms with E-state index in [1.165, 1.54) is 11.1 Å². The van der Waals surface area contributed by atoms with E-state index >= 15 is 0 Å². The third kappa shape index (κ3) is 4.66. The summed E-state index contributed by atoms with van der Waals surface area (Å²) in [6.07, 6.45) is 4.75. The van der Waals surface area contributed by atoms with Crippen molar-refractivity contribution in [1.82, 2.24) is 9.88 Å². The van der Waals surface area contributed by atoms with E-state index in [2.05, 4.69) is 35.0 Å². The van der Waals surface area contributed by atoms with Crippen LogP contribution in [-0.2, 0) is 13.0 Å². The molecule has 0 spiro atoms. The molecule has 19 heavy (non-hydrogen) atoms. The molecular weight excluding hydrogens is 256 g/mol. The van der Waals surface area contributed by atoms with Crippen molar-refractivity contribution in [2.24, 2.45) is 0 Å². The molecule has 0 aliphatic carbocycles. The van der Waals surface area contributed by atoms with Gasteiger partial charge in [0.15, 0.2) is 0 Å². The Kier molecular flexibility index (Phi) is 5.37. The summed E-state index contributed by atoms with van der Waals surface area (Å²) in [5.74, 6) is 0. The SMILES string of the molecule is CCN(CCc1ccncc1)Cc1cccc(Cl)c1. The summed E-state index contributed by atoms with van der Waals surface area (Å²) < 4.78 is 0. The van der Waals surface area contributed by atoms with Crippen LogP contribution in [0.1, 0.15) is 18.1 Å². The molecule has 0 aliphatic rings. The highest BCUT2D eigenvalue weighted by Crippen LogP contribution is 2.13. The predicted octanol–water partition coefficient (Wildman–Crippen LogP) is 3.80. The van der Waals surface area contributed by atoms with E-state index in [0.29, 0.717) is 0 Å². The molecule has 1 aromatic carbocycles. The van der Waals surface area contributed by atoms with Crippen LogP contribution in [0.4, 0.5) is 0 Å². The Morgan fingerprint density at radius 1 is 1.11 bits per heavy atom. The molecule has 0 amide bonds. The highest BCUT2D eigenvalue weighted by Gasteiger charge is 2.04. The number of pyridine rings is 1. The fraction of sp³-hybridized carbons (Fsp3) is 0.312. The molecule has 2 nitrogen and oxygen atoms in total. The Balaban J connectivity index is 1.90.